The number of sulfonamides is 1. The first-order valence-electron chi connectivity index (χ1n) is 9.90. The van der Waals surface area contributed by atoms with Crippen molar-refractivity contribution >= 4 is 44.9 Å². The zero-order valence-electron chi connectivity index (χ0n) is 17.7. The van der Waals surface area contributed by atoms with E-state index in [0.717, 1.165) is 0 Å². The summed E-state index contributed by atoms with van der Waals surface area (Å²) in [6.07, 6.45) is 0.118. The van der Waals surface area contributed by atoms with Gasteiger partial charge in [0, 0.05) is 23.4 Å². The first kappa shape index (κ1) is 22.0. The Kier molecular flexibility index (Phi) is 5.56. The Morgan fingerprint density at radius 1 is 1.09 bits per heavy atom. The maximum atomic E-state index is 13.2. The van der Waals surface area contributed by atoms with E-state index in [0.29, 0.717) is 38.7 Å². The number of amides is 1. The van der Waals surface area contributed by atoms with Crippen molar-refractivity contribution < 1.29 is 18.0 Å². The molecular formula is C22H21ClN4O4S. The number of carbonyl (C=O) groups excluding carboxylic acids is 2. The van der Waals surface area contributed by atoms with Crippen LogP contribution in [0.25, 0.3) is 11.1 Å². The number of halogens is 1. The first-order chi connectivity index (χ1) is 15.1. The molecule has 0 atom stereocenters. The lowest BCUT2D eigenvalue weighted by atomic mass is 10.0. The van der Waals surface area contributed by atoms with Gasteiger partial charge >= 0.3 is 0 Å². The maximum absolute atomic E-state index is 13.2. The van der Waals surface area contributed by atoms with Gasteiger partial charge in [-0.2, -0.15) is 9.78 Å². The topological polar surface area (TPSA) is 110 Å². The molecule has 166 valence electrons. The van der Waals surface area contributed by atoms with Crippen LogP contribution in [-0.4, -0.2) is 30.0 Å². The van der Waals surface area contributed by atoms with Crippen LogP contribution in [0.1, 0.15) is 34.5 Å². The van der Waals surface area contributed by atoms with Gasteiger partial charge in [-0.1, -0.05) is 29.8 Å². The lowest BCUT2D eigenvalue weighted by Gasteiger charge is -2.14. The molecule has 0 saturated carbocycles. The van der Waals surface area contributed by atoms with Crippen LogP contribution in [0.3, 0.4) is 0 Å². The molecule has 10 heteroatoms. The molecule has 2 aromatic carbocycles. The summed E-state index contributed by atoms with van der Waals surface area (Å²) in [5.74, 6) is -0.345. The number of rotatable bonds is 4. The minimum atomic E-state index is -3.95. The largest absolute Gasteiger partial charge is 0.310 e. The number of anilines is 2. The quantitative estimate of drug-likeness (QED) is 0.588. The molecule has 8 nitrogen and oxygen atoms in total. The molecule has 0 aliphatic carbocycles. The summed E-state index contributed by atoms with van der Waals surface area (Å²) in [6.45, 7) is 5.13. The molecule has 3 aromatic rings. The van der Waals surface area contributed by atoms with E-state index in [1.165, 1.54) is 10.7 Å². The number of fused-ring (bicyclic) bond motifs is 1. The van der Waals surface area contributed by atoms with Gasteiger partial charge < -0.3 is 5.32 Å². The van der Waals surface area contributed by atoms with Gasteiger partial charge in [0.2, 0.25) is 11.8 Å². The standard InChI is InChI=1S/C22H21ClN4O4S/c1-12-7-8-15(21-14(3)25-27-20(29)10-9-19(28)24-22(21)27)11-18(12)32(30,31)26-17-6-4-5-16(23)13(17)2/h4-8,11,26H,9-10H2,1-3H3,(H,24,28). The van der Waals surface area contributed by atoms with Gasteiger partial charge in [-0.3, -0.25) is 14.3 Å². The van der Waals surface area contributed by atoms with Crippen molar-refractivity contribution in [1.82, 2.24) is 9.78 Å². The Bertz CT molecular complexity index is 1380. The summed E-state index contributed by atoms with van der Waals surface area (Å²) < 4.78 is 30.3. The van der Waals surface area contributed by atoms with Crippen LogP contribution < -0.4 is 10.0 Å². The first-order valence-corrected chi connectivity index (χ1v) is 11.8. The lowest BCUT2D eigenvalue weighted by Crippen LogP contribution is -2.15. The summed E-state index contributed by atoms with van der Waals surface area (Å²) in [5, 5.41) is 7.46. The van der Waals surface area contributed by atoms with Crippen LogP contribution >= 0.6 is 11.6 Å². The van der Waals surface area contributed by atoms with E-state index in [1.54, 1.807) is 51.1 Å². The Morgan fingerprint density at radius 2 is 1.84 bits per heavy atom. The molecule has 0 spiro atoms. The molecule has 1 aliphatic heterocycles. The number of aryl methyl sites for hydroxylation is 2. The Labute approximate surface area is 190 Å². The van der Waals surface area contributed by atoms with E-state index < -0.39 is 10.0 Å². The molecule has 0 bridgehead atoms. The predicted molar refractivity (Wildman–Crippen MR) is 123 cm³/mol. The average Bonchev–Trinajstić information content (AvgIpc) is 2.98. The van der Waals surface area contributed by atoms with Crippen molar-refractivity contribution in [2.75, 3.05) is 10.0 Å². The van der Waals surface area contributed by atoms with Crippen LogP contribution in [0.5, 0.6) is 0 Å². The second-order valence-corrected chi connectivity index (χ2v) is 9.72. The number of benzene rings is 2. The number of aromatic nitrogens is 2. The van der Waals surface area contributed by atoms with Gasteiger partial charge in [-0.05, 0) is 55.7 Å². The van der Waals surface area contributed by atoms with Gasteiger partial charge in [-0.15, -0.1) is 0 Å². The van der Waals surface area contributed by atoms with Gasteiger partial charge in [0.1, 0.15) is 5.82 Å². The van der Waals surface area contributed by atoms with Gasteiger partial charge in [0.15, 0.2) is 0 Å². The lowest BCUT2D eigenvalue weighted by molar-refractivity contribution is -0.116. The third-order valence-corrected chi connectivity index (χ3v) is 7.32. The summed E-state index contributed by atoms with van der Waals surface area (Å²) in [5.41, 5.74) is 3.07. The van der Waals surface area contributed by atoms with Crippen molar-refractivity contribution in [3.63, 3.8) is 0 Å². The highest BCUT2D eigenvalue weighted by Gasteiger charge is 2.27. The number of nitrogens with one attached hydrogen (secondary N) is 2. The fourth-order valence-electron chi connectivity index (χ4n) is 3.65. The van der Waals surface area contributed by atoms with Crippen LogP contribution in [0.2, 0.25) is 5.02 Å². The third kappa shape index (κ3) is 3.89. The summed E-state index contributed by atoms with van der Waals surface area (Å²) >= 11 is 6.13. The van der Waals surface area contributed by atoms with Crippen LogP contribution in [0, 0.1) is 20.8 Å². The van der Waals surface area contributed by atoms with Crippen LogP contribution in [0.4, 0.5) is 11.5 Å². The van der Waals surface area contributed by atoms with Crippen LogP contribution in [0.15, 0.2) is 41.3 Å². The highest BCUT2D eigenvalue weighted by molar-refractivity contribution is 7.92. The van der Waals surface area contributed by atoms with E-state index in [2.05, 4.69) is 15.1 Å². The minimum absolute atomic E-state index is 0.0514. The molecule has 0 unspecified atom stereocenters. The highest BCUT2D eigenvalue weighted by atomic mass is 35.5. The zero-order valence-corrected chi connectivity index (χ0v) is 19.3. The van der Waals surface area contributed by atoms with E-state index in [-0.39, 0.29) is 35.4 Å². The fraction of sp³-hybridized carbons (Fsp3) is 0.227. The summed E-state index contributed by atoms with van der Waals surface area (Å²) in [7, 11) is -3.95. The molecule has 32 heavy (non-hydrogen) atoms. The monoisotopic (exact) mass is 472 g/mol. The molecule has 0 saturated heterocycles. The number of hydrogen-bond donors (Lipinski definition) is 2. The van der Waals surface area contributed by atoms with Crippen LogP contribution in [-0.2, 0) is 14.8 Å². The normalized spacial score (nSPS) is 14.0. The van der Waals surface area contributed by atoms with E-state index in [1.807, 2.05) is 0 Å². The predicted octanol–water partition coefficient (Wildman–Crippen LogP) is 4.30. The van der Waals surface area contributed by atoms with Crippen molar-refractivity contribution in [2.24, 2.45) is 0 Å². The van der Waals surface area contributed by atoms with Gasteiger partial charge in [-0.25, -0.2) is 8.42 Å². The van der Waals surface area contributed by atoms with E-state index in [9.17, 15) is 18.0 Å². The molecule has 0 fully saturated rings. The number of nitrogens with zero attached hydrogens (tertiary/aromatic N) is 2. The molecule has 4 rings (SSSR count). The van der Waals surface area contributed by atoms with E-state index in [4.69, 9.17) is 11.6 Å². The van der Waals surface area contributed by atoms with Crippen molar-refractivity contribution in [2.45, 2.75) is 38.5 Å². The van der Waals surface area contributed by atoms with E-state index >= 15 is 0 Å². The molecular weight excluding hydrogens is 452 g/mol. The third-order valence-electron chi connectivity index (χ3n) is 5.40. The summed E-state index contributed by atoms with van der Waals surface area (Å²) in [6, 6.07) is 9.93. The average molecular weight is 473 g/mol. The van der Waals surface area contributed by atoms with Crippen molar-refractivity contribution in [1.29, 1.82) is 0 Å². The van der Waals surface area contributed by atoms with Crippen molar-refractivity contribution in [3.8, 4) is 11.1 Å². The number of carbonyl (C=O) groups is 2. The summed E-state index contributed by atoms with van der Waals surface area (Å²) in [4.78, 5) is 24.6. The molecule has 2 heterocycles. The Balaban J connectivity index is 1.82. The molecule has 1 aliphatic rings. The maximum Gasteiger partial charge on any atom is 0.262 e. The highest BCUT2D eigenvalue weighted by Crippen LogP contribution is 2.35. The van der Waals surface area contributed by atoms with Gasteiger partial charge in [0.25, 0.3) is 10.0 Å². The number of hydrogen-bond acceptors (Lipinski definition) is 5. The Morgan fingerprint density at radius 3 is 2.59 bits per heavy atom. The SMILES string of the molecule is Cc1ccc(-c2c(C)nn3c2NC(=O)CCC3=O)cc1S(=O)(=O)Nc1cccc(Cl)c1C. The van der Waals surface area contributed by atoms with Gasteiger partial charge in [0.05, 0.1) is 16.3 Å². The Hall–Kier alpha value is -3.17. The molecule has 0 radical (unpaired) electrons. The van der Waals surface area contributed by atoms with Crippen molar-refractivity contribution in [3.05, 3.63) is 58.2 Å². The second-order valence-electron chi connectivity index (χ2n) is 7.66. The zero-order chi connectivity index (χ0) is 23.2. The molecule has 2 N–H and O–H groups in total. The fourth-order valence-corrected chi connectivity index (χ4v) is 5.22. The molecule has 1 amide bonds. The second kappa shape index (κ2) is 8.07. The molecule has 1 aromatic heterocycles. The smallest absolute Gasteiger partial charge is 0.262 e. The minimum Gasteiger partial charge on any atom is -0.310 e.